The van der Waals surface area contributed by atoms with Crippen LogP contribution in [0.15, 0.2) is 47.1 Å². The van der Waals surface area contributed by atoms with Gasteiger partial charge in [0, 0.05) is 19.0 Å². The molecule has 0 spiro atoms. The van der Waals surface area contributed by atoms with E-state index in [4.69, 9.17) is 4.42 Å². The number of rotatable bonds is 7. The summed E-state index contributed by atoms with van der Waals surface area (Å²) in [5.74, 6) is 1.75. The minimum Gasteiger partial charge on any atom is -0.469 e. The average molecular weight is 271 g/mol. The summed E-state index contributed by atoms with van der Waals surface area (Å²) in [6.07, 6.45) is 3.82. The smallest absolute Gasteiger partial charge is 0.105 e. The van der Waals surface area contributed by atoms with Crippen LogP contribution in [-0.2, 0) is 12.8 Å². The fourth-order valence-electron chi connectivity index (χ4n) is 2.40. The molecule has 2 nitrogen and oxygen atoms in total. The van der Waals surface area contributed by atoms with E-state index in [0.29, 0.717) is 12.0 Å². The molecule has 0 aliphatic carbocycles. The van der Waals surface area contributed by atoms with Gasteiger partial charge in [0.2, 0.25) is 0 Å². The van der Waals surface area contributed by atoms with Gasteiger partial charge in [-0.05, 0) is 42.5 Å². The van der Waals surface area contributed by atoms with Crippen molar-refractivity contribution in [3.05, 3.63) is 59.5 Å². The predicted molar refractivity (Wildman–Crippen MR) is 83.8 cm³/mol. The Morgan fingerprint density at radius 2 is 1.80 bits per heavy atom. The Kier molecular flexibility index (Phi) is 5.42. The molecule has 0 saturated heterocycles. The molecule has 2 heteroatoms. The van der Waals surface area contributed by atoms with Crippen molar-refractivity contribution in [2.45, 2.75) is 39.7 Å². The van der Waals surface area contributed by atoms with E-state index in [-0.39, 0.29) is 0 Å². The normalized spacial score (nSPS) is 12.8. The molecule has 108 valence electrons. The molecular weight excluding hydrogens is 246 g/mol. The Hall–Kier alpha value is -1.54. The van der Waals surface area contributed by atoms with Gasteiger partial charge in [-0.3, -0.25) is 0 Å². The van der Waals surface area contributed by atoms with E-state index >= 15 is 0 Å². The molecule has 0 radical (unpaired) electrons. The highest BCUT2D eigenvalue weighted by Crippen LogP contribution is 2.15. The lowest BCUT2D eigenvalue weighted by Crippen LogP contribution is -2.21. The number of nitrogens with one attached hydrogen (secondary N) is 1. The molecule has 1 aromatic carbocycles. The average Bonchev–Trinajstić information content (AvgIpc) is 2.92. The Balaban J connectivity index is 1.81. The zero-order chi connectivity index (χ0) is 14.4. The van der Waals surface area contributed by atoms with Gasteiger partial charge in [0.05, 0.1) is 6.26 Å². The van der Waals surface area contributed by atoms with Gasteiger partial charge in [0.25, 0.3) is 0 Å². The summed E-state index contributed by atoms with van der Waals surface area (Å²) in [6.45, 7) is 7.65. The first-order chi connectivity index (χ1) is 9.65. The lowest BCUT2D eigenvalue weighted by atomic mass is 10.00. The topological polar surface area (TPSA) is 25.2 Å². The van der Waals surface area contributed by atoms with Gasteiger partial charge < -0.3 is 9.73 Å². The molecule has 1 aromatic heterocycles. The second kappa shape index (κ2) is 7.30. The third-order valence-electron chi connectivity index (χ3n) is 3.53. The van der Waals surface area contributed by atoms with Crippen molar-refractivity contribution in [2.75, 3.05) is 6.54 Å². The second-order valence-electron chi connectivity index (χ2n) is 5.84. The van der Waals surface area contributed by atoms with Crippen molar-refractivity contribution in [3.8, 4) is 0 Å². The van der Waals surface area contributed by atoms with Crippen molar-refractivity contribution in [3.63, 3.8) is 0 Å². The van der Waals surface area contributed by atoms with Crippen LogP contribution in [0.5, 0.6) is 0 Å². The van der Waals surface area contributed by atoms with Crippen LogP contribution in [0.1, 0.15) is 43.7 Å². The SMILES string of the molecule is CC(C)Cc1ccc(C(C)NCCc2ccco2)cc1. The van der Waals surface area contributed by atoms with Crippen LogP contribution in [0.2, 0.25) is 0 Å². The molecule has 0 fully saturated rings. The third-order valence-corrected chi connectivity index (χ3v) is 3.53. The first-order valence-corrected chi connectivity index (χ1v) is 7.49. The van der Waals surface area contributed by atoms with Crippen molar-refractivity contribution < 1.29 is 4.42 Å². The maximum absolute atomic E-state index is 5.33. The molecular formula is C18H25NO. The molecule has 0 bridgehead atoms. The zero-order valence-corrected chi connectivity index (χ0v) is 12.7. The van der Waals surface area contributed by atoms with Gasteiger partial charge in [0.15, 0.2) is 0 Å². The Labute approximate surface area is 122 Å². The third kappa shape index (κ3) is 4.53. The molecule has 0 saturated carbocycles. The van der Waals surface area contributed by atoms with Crippen molar-refractivity contribution in [2.24, 2.45) is 5.92 Å². The zero-order valence-electron chi connectivity index (χ0n) is 12.7. The molecule has 0 amide bonds. The summed E-state index contributed by atoms with van der Waals surface area (Å²) >= 11 is 0. The van der Waals surface area contributed by atoms with Gasteiger partial charge in [-0.15, -0.1) is 0 Å². The maximum atomic E-state index is 5.33. The van der Waals surface area contributed by atoms with Crippen LogP contribution in [0, 0.1) is 5.92 Å². The Bertz CT molecular complexity index is 485. The highest BCUT2D eigenvalue weighted by Gasteiger charge is 2.05. The lowest BCUT2D eigenvalue weighted by Gasteiger charge is -2.14. The fourth-order valence-corrected chi connectivity index (χ4v) is 2.40. The summed E-state index contributed by atoms with van der Waals surface area (Å²) in [5.41, 5.74) is 2.77. The van der Waals surface area contributed by atoms with Crippen LogP contribution in [0.4, 0.5) is 0 Å². The highest BCUT2D eigenvalue weighted by atomic mass is 16.3. The van der Waals surface area contributed by atoms with Crippen molar-refractivity contribution in [1.29, 1.82) is 0 Å². The van der Waals surface area contributed by atoms with E-state index in [0.717, 1.165) is 25.1 Å². The van der Waals surface area contributed by atoms with Gasteiger partial charge in [-0.25, -0.2) is 0 Å². The first-order valence-electron chi connectivity index (χ1n) is 7.49. The number of hydrogen-bond donors (Lipinski definition) is 1. The second-order valence-corrected chi connectivity index (χ2v) is 5.84. The number of hydrogen-bond acceptors (Lipinski definition) is 2. The molecule has 0 aliphatic rings. The Morgan fingerprint density at radius 3 is 2.40 bits per heavy atom. The van der Waals surface area contributed by atoms with Gasteiger partial charge >= 0.3 is 0 Å². The summed E-state index contributed by atoms with van der Waals surface area (Å²) in [7, 11) is 0. The number of furan rings is 1. The summed E-state index contributed by atoms with van der Waals surface area (Å²) < 4.78 is 5.33. The number of benzene rings is 1. The van der Waals surface area contributed by atoms with Crippen LogP contribution in [0.3, 0.4) is 0 Å². The minimum absolute atomic E-state index is 0.373. The van der Waals surface area contributed by atoms with Crippen molar-refractivity contribution in [1.82, 2.24) is 5.32 Å². The van der Waals surface area contributed by atoms with E-state index in [1.807, 2.05) is 12.1 Å². The Morgan fingerprint density at radius 1 is 1.05 bits per heavy atom. The predicted octanol–water partition coefficient (Wildman–Crippen LogP) is 4.37. The largest absolute Gasteiger partial charge is 0.469 e. The fraction of sp³-hybridized carbons (Fsp3) is 0.444. The van der Waals surface area contributed by atoms with Crippen LogP contribution in [0.25, 0.3) is 0 Å². The molecule has 0 aliphatic heterocycles. The molecule has 1 unspecified atom stereocenters. The highest BCUT2D eigenvalue weighted by molar-refractivity contribution is 5.25. The molecule has 2 aromatic rings. The molecule has 1 N–H and O–H groups in total. The van der Waals surface area contributed by atoms with Crippen molar-refractivity contribution >= 4 is 0 Å². The van der Waals surface area contributed by atoms with E-state index in [1.54, 1.807) is 6.26 Å². The summed E-state index contributed by atoms with van der Waals surface area (Å²) in [6, 6.07) is 13.3. The van der Waals surface area contributed by atoms with Gasteiger partial charge in [-0.1, -0.05) is 38.1 Å². The van der Waals surface area contributed by atoms with E-state index in [9.17, 15) is 0 Å². The summed E-state index contributed by atoms with van der Waals surface area (Å²) in [5, 5.41) is 3.54. The molecule has 2 rings (SSSR count). The lowest BCUT2D eigenvalue weighted by molar-refractivity contribution is 0.486. The van der Waals surface area contributed by atoms with Gasteiger partial charge in [0.1, 0.15) is 5.76 Å². The minimum atomic E-state index is 0.373. The standard InChI is InChI=1S/C18H25NO/c1-14(2)13-16-6-8-17(9-7-16)15(3)19-11-10-18-5-4-12-20-18/h4-9,12,14-15,19H,10-11,13H2,1-3H3. The van der Waals surface area contributed by atoms with E-state index < -0.39 is 0 Å². The molecule has 1 heterocycles. The van der Waals surface area contributed by atoms with Crippen LogP contribution in [-0.4, -0.2) is 6.54 Å². The van der Waals surface area contributed by atoms with Crippen LogP contribution < -0.4 is 5.32 Å². The quantitative estimate of drug-likeness (QED) is 0.809. The molecule has 20 heavy (non-hydrogen) atoms. The maximum Gasteiger partial charge on any atom is 0.105 e. The van der Waals surface area contributed by atoms with E-state index in [2.05, 4.69) is 50.4 Å². The first kappa shape index (κ1) is 14.9. The van der Waals surface area contributed by atoms with Gasteiger partial charge in [-0.2, -0.15) is 0 Å². The molecule has 1 atom stereocenters. The monoisotopic (exact) mass is 271 g/mol. The summed E-state index contributed by atoms with van der Waals surface area (Å²) in [4.78, 5) is 0. The van der Waals surface area contributed by atoms with Crippen LogP contribution >= 0.6 is 0 Å². The van der Waals surface area contributed by atoms with E-state index in [1.165, 1.54) is 11.1 Å².